The lowest BCUT2D eigenvalue weighted by molar-refractivity contribution is -0.129. The van der Waals surface area contributed by atoms with E-state index in [1.807, 2.05) is 136 Å². The molecule has 0 radical (unpaired) electrons. The summed E-state index contributed by atoms with van der Waals surface area (Å²) in [6.45, 7) is 15.8. The Balaban J connectivity index is 0.000000134. The number of anilines is 4. The van der Waals surface area contributed by atoms with Crippen LogP contribution in [0.15, 0.2) is 291 Å². The summed E-state index contributed by atoms with van der Waals surface area (Å²) in [7, 11) is 6.23. The first-order valence-electron chi connectivity index (χ1n) is 48.3. The lowest BCUT2D eigenvalue weighted by atomic mass is 10.1. The van der Waals surface area contributed by atoms with E-state index in [4.69, 9.17) is 49.3 Å². The van der Waals surface area contributed by atoms with Crippen molar-refractivity contribution >= 4 is 62.1 Å². The second kappa shape index (κ2) is 45.8. The largest absolute Gasteiger partial charge is 0.454 e. The van der Waals surface area contributed by atoms with Gasteiger partial charge in [-0.2, -0.15) is 0 Å². The molecule has 13 heterocycles. The molecule has 1 amide bonds. The molecular formula is C113H113F4N23O5S. The van der Waals surface area contributed by atoms with Gasteiger partial charge in [-0.05, 0) is 294 Å². The third kappa shape index (κ3) is 24.5. The Morgan fingerprint density at radius 1 is 0.404 bits per heavy atom. The number of nitrogens with zero attached hydrogens (tertiary/aromatic N) is 19. The van der Waals surface area contributed by atoms with Crippen LogP contribution < -0.4 is 30.7 Å². The van der Waals surface area contributed by atoms with E-state index in [9.17, 15) is 30.8 Å². The number of hydrogen-bond acceptors (Lipinski definition) is 23. The second-order valence-electron chi connectivity index (χ2n) is 36.3. The van der Waals surface area contributed by atoms with Crippen molar-refractivity contribution < 1.29 is 40.2 Å². The molecule has 4 N–H and O–H groups in total. The number of hydrogen-bond donors (Lipinski definition) is 4. The van der Waals surface area contributed by atoms with Gasteiger partial charge in [-0.25, -0.2) is 85.8 Å². The number of ether oxygens (including phenoxy) is 2. The normalized spacial score (nSPS) is 12.1. The van der Waals surface area contributed by atoms with Gasteiger partial charge in [0.15, 0.2) is 21.3 Å². The number of benzene rings is 7. The fourth-order valence-corrected chi connectivity index (χ4v) is 17.6. The van der Waals surface area contributed by atoms with Crippen molar-refractivity contribution in [3.8, 4) is 102 Å². The van der Waals surface area contributed by atoms with Crippen LogP contribution in [0.25, 0.3) is 113 Å². The molecule has 2 atom stereocenters. The lowest BCUT2D eigenvalue weighted by Gasteiger charge is -2.19. The van der Waals surface area contributed by atoms with Crippen molar-refractivity contribution in [3.05, 3.63) is 354 Å². The Labute approximate surface area is 844 Å². The average molecular weight is 1980 g/mol. The fraction of sp³-hybridized carbons (Fsp3) is 0.230. The Morgan fingerprint density at radius 2 is 0.774 bits per heavy atom. The molecule has 7 aromatic carbocycles. The minimum atomic E-state index is -3.26. The van der Waals surface area contributed by atoms with Crippen LogP contribution in [0.2, 0.25) is 0 Å². The van der Waals surface area contributed by atoms with Gasteiger partial charge in [0.25, 0.3) is 0 Å². The van der Waals surface area contributed by atoms with Crippen LogP contribution in [0.1, 0.15) is 117 Å². The van der Waals surface area contributed by atoms with Crippen molar-refractivity contribution in [1.29, 1.82) is 0 Å². The zero-order valence-electron chi connectivity index (χ0n) is 83.2. The predicted octanol–water partition coefficient (Wildman–Crippen LogP) is 22.5. The number of sulfone groups is 1. The van der Waals surface area contributed by atoms with Crippen molar-refractivity contribution in [2.45, 2.75) is 117 Å². The van der Waals surface area contributed by atoms with Crippen LogP contribution in [-0.2, 0) is 47.1 Å². The van der Waals surface area contributed by atoms with Crippen LogP contribution in [0.4, 0.5) is 41.4 Å². The Bertz CT molecular complexity index is 7930. The molecular weight excluding hydrogens is 1870 g/mol. The van der Waals surface area contributed by atoms with Crippen LogP contribution in [0.3, 0.4) is 0 Å². The summed E-state index contributed by atoms with van der Waals surface area (Å²) in [5, 5.41) is 13.3. The summed E-state index contributed by atoms with van der Waals surface area (Å²) in [5.41, 5.74) is 24.2. The van der Waals surface area contributed by atoms with Gasteiger partial charge in [0.05, 0.1) is 91.9 Å². The van der Waals surface area contributed by atoms with Gasteiger partial charge in [0.2, 0.25) is 36.5 Å². The Morgan fingerprint density at radius 3 is 1.16 bits per heavy atom. The molecule has 1 aliphatic heterocycles. The molecule has 28 nitrogen and oxygen atoms in total. The highest BCUT2D eigenvalue weighted by Crippen LogP contribution is 2.40. The number of nitrogens with one attached hydrogen (secondary N) is 4. The van der Waals surface area contributed by atoms with Crippen molar-refractivity contribution in [2.75, 3.05) is 82.6 Å². The van der Waals surface area contributed by atoms with Crippen molar-refractivity contribution in [3.63, 3.8) is 0 Å². The van der Waals surface area contributed by atoms with E-state index >= 15 is 0 Å². The highest BCUT2D eigenvalue weighted by Gasteiger charge is 2.27. The number of carbonyl (C=O) groups is 1. The number of aromatic nitrogens is 16. The monoisotopic (exact) mass is 1980 g/mol. The molecule has 20 rings (SSSR count). The summed E-state index contributed by atoms with van der Waals surface area (Å²) < 4.78 is 97.1. The first kappa shape index (κ1) is 101. The van der Waals surface area contributed by atoms with E-state index in [-0.39, 0.29) is 52.9 Å². The van der Waals surface area contributed by atoms with Gasteiger partial charge in [0.1, 0.15) is 45.9 Å². The minimum absolute atomic E-state index is 0.0342. The highest BCUT2D eigenvalue weighted by atomic mass is 32.2. The molecule has 0 spiro atoms. The molecule has 1 unspecified atom stereocenters. The predicted molar refractivity (Wildman–Crippen MR) is 565 cm³/mol. The van der Waals surface area contributed by atoms with Crippen LogP contribution in [0, 0.1) is 30.2 Å². The minimum Gasteiger partial charge on any atom is -0.454 e. The second-order valence-corrected chi connectivity index (χ2v) is 38.3. The maximum absolute atomic E-state index is 13.8. The molecule has 1 aliphatic rings. The summed E-state index contributed by atoms with van der Waals surface area (Å²) >= 11 is 0. The van der Waals surface area contributed by atoms with E-state index in [1.54, 1.807) is 117 Å². The summed E-state index contributed by atoms with van der Waals surface area (Å²) in [6, 6.07) is 70.1. The van der Waals surface area contributed by atoms with Gasteiger partial charge >= 0.3 is 0 Å². The van der Waals surface area contributed by atoms with E-state index in [0.717, 1.165) is 151 Å². The number of aryl methyl sites for hydroxylation is 3. The number of imidazole rings is 4. The Hall–Kier alpha value is -16.5. The molecule has 0 saturated carbocycles. The van der Waals surface area contributed by atoms with E-state index in [1.165, 1.54) is 90.7 Å². The molecule has 146 heavy (non-hydrogen) atoms. The van der Waals surface area contributed by atoms with Crippen LogP contribution in [0.5, 0.6) is 11.5 Å². The van der Waals surface area contributed by atoms with Crippen LogP contribution >= 0.6 is 0 Å². The molecule has 0 fully saturated rings. The number of halogens is 4. The molecule has 744 valence electrons. The van der Waals surface area contributed by atoms with Gasteiger partial charge in [0, 0.05) is 118 Å². The summed E-state index contributed by atoms with van der Waals surface area (Å²) in [6.07, 6.45) is 22.6. The summed E-state index contributed by atoms with van der Waals surface area (Å²) in [5.74, 6) is 2.32. The molecule has 12 aromatic heterocycles. The fourth-order valence-electron chi connectivity index (χ4n) is 17.0. The number of carbonyl (C=O) groups excluding carboxylic acids is 1. The zero-order valence-corrected chi connectivity index (χ0v) is 84.1. The van der Waals surface area contributed by atoms with Gasteiger partial charge in [-0.15, -0.1) is 0 Å². The third-order valence-electron chi connectivity index (χ3n) is 24.8. The number of fused-ring (bicyclic) bond motifs is 5. The number of likely N-dealkylation sites (N-methyl/N-ethyl adjacent to an activating group) is 2. The highest BCUT2D eigenvalue weighted by molar-refractivity contribution is 7.90. The van der Waals surface area contributed by atoms with Crippen molar-refractivity contribution in [1.82, 2.24) is 92.1 Å². The van der Waals surface area contributed by atoms with Gasteiger partial charge in [-0.3, -0.25) is 27.3 Å². The number of rotatable bonds is 32. The molecule has 33 heteroatoms. The first-order chi connectivity index (χ1) is 70.6. The van der Waals surface area contributed by atoms with Crippen LogP contribution in [-0.4, -0.2) is 168 Å². The quantitative estimate of drug-likeness (QED) is 0.0225. The third-order valence-corrected chi connectivity index (χ3v) is 25.9. The van der Waals surface area contributed by atoms with E-state index in [2.05, 4.69) is 135 Å². The number of amides is 1. The topological polar surface area (TPSA) is 300 Å². The Kier molecular flexibility index (Phi) is 31.7. The average Bonchev–Trinajstić information content (AvgIpc) is 1.62. The molecule has 0 bridgehead atoms. The molecule has 0 saturated heterocycles. The SMILES string of the molecule is CCCCCCNc1nccc(-c2c(-c3ccc(F)cc3)nc3cc(CN(C)C)ccn23)n1.CCc1ccn2c(-c3ccnc(NC(C)c4ccc(S(C)(=O)=O)cc4)n3)c(-c3ccc(F)cc3)nc2c1.CCc1ccn2c(-c3ccnc(N[C@@H](C)c4ccc(C)cc4)n3)c(-c3ccc(F)cc3)nc2c1.CN(CC(=O)N(C)C)Cc1ccn2c(-c3ccnc(NCc4ccc5c(c4)OCO5)n3)c(-c3ccc(F)cc3)nc2c1. The molecule has 0 aliphatic carbocycles. The lowest BCUT2D eigenvalue weighted by Crippen LogP contribution is -2.34. The first-order valence-corrected chi connectivity index (χ1v) is 50.2. The van der Waals surface area contributed by atoms with Crippen molar-refractivity contribution in [2.24, 2.45) is 0 Å². The van der Waals surface area contributed by atoms with E-state index < -0.39 is 9.84 Å². The number of pyridine rings is 4. The molecule has 19 aromatic rings. The summed E-state index contributed by atoms with van der Waals surface area (Å²) in [4.78, 5) is 74.6. The smallest absolute Gasteiger partial charge is 0.236 e. The zero-order chi connectivity index (χ0) is 102. The van der Waals surface area contributed by atoms with E-state index in [0.29, 0.717) is 77.6 Å². The standard InChI is InChI=1S/C31H30FN7O3.C28H26FN5O2S.C28H26FN5.C26H31FN6/c1-37(2)28(40)18-38(3)17-21-11-13-39-27(15-21)36-29(22-5-7-23(32)8-6-22)30(39)24-10-12-33-31(35-24)34-16-20-4-9-25-26(14-20)42-19-41-25;1-4-19-14-16-34-25(17-19)33-26(21-5-9-22(29)10-6-21)27(34)24-13-15-30-28(32-24)31-18(2)20-7-11-23(12-8-20)37(3,35)36;1-4-20-14-16-34-25(17-20)33-26(22-9-11-23(29)12-10-22)27(34)24-13-15-30-28(32-24)31-19(3)21-7-5-18(2)6-8-21;1-4-5-6-7-14-28-26-29-15-12-22(30-26)25-24(20-8-10-21(27)11-9-20)31-23-17-19(18-32(2)3)13-16-33(23)25/h4-15H,16-19H2,1-3H3,(H,33,34,35);5-18H,4H2,1-3H3,(H,30,31,32);5-17,19H,4H2,1-3H3,(H,30,31,32);8-13,15-17H,4-7,14,18H2,1-3H3,(H,28,29,30)/t;;19-;/m..0./s1. The maximum atomic E-state index is 13.8. The van der Waals surface area contributed by atoms with Gasteiger partial charge < -0.3 is 40.5 Å². The van der Waals surface area contributed by atoms with Gasteiger partial charge in [-0.1, -0.05) is 88.1 Å². The maximum Gasteiger partial charge on any atom is 0.236 e. The number of unbranched alkanes of at least 4 members (excludes halogenated alkanes) is 3.